The molecule has 2 N–H and O–H groups in total. The number of amides is 2. The lowest BCUT2D eigenvalue weighted by atomic mass is 10.1. The van der Waals surface area contributed by atoms with Crippen molar-refractivity contribution in [1.82, 2.24) is 15.2 Å². The number of nitrogens with zero attached hydrogens (tertiary/aromatic N) is 1. The molecule has 1 aromatic heterocycles. The van der Waals surface area contributed by atoms with E-state index >= 15 is 0 Å². The molecule has 0 aliphatic rings. The van der Waals surface area contributed by atoms with E-state index in [2.05, 4.69) is 27.3 Å². The Morgan fingerprint density at radius 1 is 1.00 bits per heavy atom. The fraction of sp³-hybridized carbons (Fsp3) is 0.238. The first-order valence-corrected chi connectivity index (χ1v) is 8.84. The van der Waals surface area contributed by atoms with Gasteiger partial charge in [0.25, 0.3) is 5.91 Å². The number of hydrogen-bond acceptors (Lipinski definition) is 3. The summed E-state index contributed by atoms with van der Waals surface area (Å²) in [7, 11) is 1.57. The number of rotatable bonds is 8. The number of aromatic nitrogens is 1. The van der Waals surface area contributed by atoms with Crippen LogP contribution in [0.5, 0.6) is 0 Å². The number of ether oxygens (including phenoxy) is 1. The summed E-state index contributed by atoms with van der Waals surface area (Å²) in [5, 5.41) is 6.24. The number of nitrogens with one attached hydrogen (secondary N) is 2. The average Bonchev–Trinajstić information content (AvgIpc) is 3.06. The van der Waals surface area contributed by atoms with Crippen LogP contribution in [-0.2, 0) is 16.1 Å². The number of carbonyl (C=O) groups excluding carboxylic acids is 2. The normalized spacial score (nSPS) is 10.7. The minimum atomic E-state index is -0.264. The summed E-state index contributed by atoms with van der Waals surface area (Å²) < 4.78 is 6.94. The Hall–Kier alpha value is -3.12. The van der Waals surface area contributed by atoms with Gasteiger partial charge in [0.05, 0.1) is 18.7 Å². The molecular formula is C21H23N3O3. The van der Waals surface area contributed by atoms with Gasteiger partial charge in [0, 0.05) is 37.3 Å². The number of benzene rings is 2. The van der Waals surface area contributed by atoms with Crippen LogP contribution in [0.2, 0.25) is 0 Å². The van der Waals surface area contributed by atoms with Crippen molar-refractivity contribution in [2.45, 2.75) is 6.54 Å². The van der Waals surface area contributed by atoms with Crippen molar-refractivity contribution in [3.8, 4) is 0 Å². The van der Waals surface area contributed by atoms with Gasteiger partial charge in [-0.15, -0.1) is 0 Å². The molecule has 3 aromatic rings. The Morgan fingerprint density at radius 3 is 2.52 bits per heavy atom. The van der Waals surface area contributed by atoms with Crippen LogP contribution in [0.15, 0.2) is 60.8 Å². The zero-order valence-electron chi connectivity index (χ0n) is 15.3. The topological polar surface area (TPSA) is 72.4 Å². The van der Waals surface area contributed by atoms with Crippen molar-refractivity contribution in [2.24, 2.45) is 0 Å². The molecule has 0 atom stereocenters. The van der Waals surface area contributed by atoms with Gasteiger partial charge in [-0.05, 0) is 11.6 Å². The van der Waals surface area contributed by atoms with Gasteiger partial charge in [-0.3, -0.25) is 9.59 Å². The smallest absolute Gasteiger partial charge is 0.253 e. The standard InChI is InChI=1S/C21H23N3O3/c1-27-12-11-22-20(25)13-23-21(26)18-15-24(14-16-7-3-2-4-8-16)19-10-6-5-9-17(18)19/h2-10,15H,11-14H2,1H3,(H,22,25)(H,23,26). The molecule has 2 amide bonds. The molecule has 0 radical (unpaired) electrons. The monoisotopic (exact) mass is 365 g/mol. The van der Waals surface area contributed by atoms with E-state index in [9.17, 15) is 9.59 Å². The summed E-state index contributed by atoms with van der Waals surface area (Å²) in [6, 6.07) is 17.9. The highest BCUT2D eigenvalue weighted by atomic mass is 16.5. The molecular weight excluding hydrogens is 342 g/mol. The van der Waals surface area contributed by atoms with Crippen molar-refractivity contribution in [3.05, 3.63) is 71.9 Å². The van der Waals surface area contributed by atoms with Crippen LogP contribution in [-0.4, -0.2) is 43.2 Å². The van der Waals surface area contributed by atoms with Crippen LogP contribution < -0.4 is 10.6 Å². The van der Waals surface area contributed by atoms with Gasteiger partial charge in [-0.2, -0.15) is 0 Å². The predicted octanol–water partition coefficient (Wildman–Crippen LogP) is 2.18. The molecule has 6 heteroatoms. The number of para-hydroxylation sites is 1. The Labute approximate surface area is 158 Å². The van der Waals surface area contributed by atoms with Crippen LogP contribution in [0.1, 0.15) is 15.9 Å². The first-order valence-electron chi connectivity index (χ1n) is 8.84. The van der Waals surface area contributed by atoms with E-state index in [0.717, 1.165) is 16.5 Å². The number of carbonyl (C=O) groups is 2. The molecule has 1 heterocycles. The van der Waals surface area contributed by atoms with Crippen LogP contribution in [0.3, 0.4) is 0 Å². The van der Waals surface area contributed by atoms with Crippen LogP contribution in [0.25, 0.3) is 10.9 Å². The van der Waals surface area contributed by atoms with Crippen molar-refractivity contribution >= 4 is 22.7 Å². The van der Waals surface area contributed by atoms with E-state index in [1.807, 2.05) is 48.7 Å². The van der Waals surface area contributed by atoms with Crippen LogP contribution in [0.4, 0.5) is 0 Å². The van der Waals surface area contributed by atoms with Crippen molar-refractivity contribution in [3.63, 3.8) is 0 Å². The van der Waals surface area contributed by atoms with Gasteiger partial charge in [-0.1, -0.05) is 48.5 Å². The summed E-state index contributed by atoms with van der Waals surface area (Å²) in [6.45, 7) is 1.46. The van der Waals surface area contributed by atoms with E-state index in [4.69, 9.17) is 4.74 Å². The quantitative estimate of drug-likeness (QED) is 0.601. The maximum atomic E-state index is 12.6. The molecule has 0 aliphatic heterocycles. The highest BCUT2D eigenvalue weighted by Crippen LogP contribution is 2.22. The summed E-state index contributed by atoms with van der Waals surface area (Å²) in [6.07, 6.45) is 1.84. The molecule has 2 aromatic carbocycles. The van der Waals surface area contributed by atoms with Gasteiger partial charge in [0.1, 0.15) is 0 Å². The third-order valence-corrected chi connectivity index (χ3v) is 4.27. The van der Waals surface area contributed by atoms with E-state index in [0.29, 0.717) is 25.3 Å². The molecule has 140 valence electrons. The largest absolute Gasteiger partial charge is 0.383 e. The lowest BCUT2D eigenvalue weighted by molar-refractivity contribution is -0.120. The molecule has 3 rings (SSSR count). The summed E-state index contributed by atoms with van der Waals surface area (Å²) >= 11 is 0. The van der Waals surface area contributed by atoms with E-state index in [1.165, 1.54) is 0 Å². The highest BCUT2D eigenvalue weighted by molar-refractivity contribution is 6.07. The second kappa shape index (κ2) is 9.00. The van der Waals surface area contributed by atoms with Gasteiger partial charge in [0.15, 0.2) is 0 Å². The predicted molar refractivity (Wildman–Crippen MR) is 105 cm³/mol. The lowest BCUT2D eigenvalue weighted by Crippen LogP contribution is -2.38. The molecule has 27 heavy (non-hydrogen) atoms. The zero-order valence-corrected chi connectivity index (χ0v) is 15.3. The molecule has 0 aliphatic carbocycles. The van der Waals surface area contributed by atoms with Crippen molar-refractivity contribution < 1.29 is 14.3 Å². The summed E-state index contributed by atoms with van der Waals surface area (Å²) in [5.41, 5.74) is 2.70. The van der Waals surface area contributed by atoms with Gasteiger partial charge < -0.3 is 19.9 Å². The molecule has 0 unspecified atom stereocenters. The third-order valence-electron chi connectivity index (χ3n) is 4.27. The first kappa shape index (κ1) is 18.7. The van der Waals surface area contributed by atoms with Gasteiger partial charge >= 0.3 is 0 Å². The minimum absolute atomic E-state index is 0.0687. The Morgan fingerprint density at radius 2 is 1.74 bits per heavy atom. The fourth-order valence-electron chi connectivity index (χ4n) is 2.95. The van der Waals surface area contributed by atoms with E-state index < -0.39 is 0 Å². The molecule has 0 spiro atoms. The first-order chi connectivity index (χ1) is 13.2. The Balaban J connectivity index is 1.74. The highest BCUT2D eigenvalue weighted by Gasteiger charge is 2.15. The zero-order chi connectivity index (χ0) is 19.1. The molecule has 0 saturated carbocycles. The fourth-order valence-corrected chi connectivity index (χ4v) is 2.95. The minimum Gasteiger partial charge on any atom is -0.383 e. The van der Waals surface area contributed by atoms with Crippen LogP contribution in [0, 0.1) is 0 Å². The third kappa shape index (κ3) is 4.74. The summed E-state index contributed by atoms with van der Waals surface area (Å²) in [5.74, 6) is -0.506. The molecule has 0 saturated heterocycles. The van der Waals surface area contributed by atoms with Crippen molar-refractivity contribution in [1.29, 1.82) is 0 Å². The Bertz CT molecular complexity index is 919. The molecule has 6 nitrogen and oxygen atoms in total. The average molecular weight is 365 g/mol. The van der Waals surface area contributed by atoms with E-state index in [-0.39, 0.29) is 18.4 Å². The van der Waals surface area contributed by atoms with E-state index in [1.54, 1.807) is 7.11 Å². The summed E-state index contributed by atoms with van der Waals surface area (Å²) in [4.78, 5) is 24.4. The molecule has 0 fully saturated rings. The number of fused-ring (bicyclic) bond motifs is 1. The number of hydrogen-bond donors (Lipinski definition) is 2. The second-order valence-electron chi connectivity index (χ2n) is 6.20. The van der Waals surface area contributed by atoms with Crippen LogP contribution >= 0.6 is 0 Å². The number of methoxy groups -OCH3 is 1. The van der Waals surface area contributed by atoms with Gasteiger partial charge in [-0.25, -0.2) is 0 Å². The Kier molecular flexibility index (Phi) is 6.22. The van der Waals surface area contributed by atoms with Gasteiger partial charge in [0.2, 0.25) is 5.91 Å². The molecule has 0 bridgehead atoms. The second-order valence-corrected chi connectivity index (χ2v) is 6.20. The lowest BCUT2D eigenvalue weighted by Gasteiger charge is -2.06. The maximum Gasteiger partial charge on any atom is 0.253 e. The maximum absolute atomic E-state index is 12.6. The SMILES string of the molecule is COCCNC(=O)CNC(=O)c1cn(Cc2ccccc2)c2ccccc12. The van der Waals surface area contributed by atoms with Crippen molar-refractivity contribution in [2.75, 3.05) is 26.8 Å².